The number of benzene rings is 1. The summed E-state index contributed by atoms with van der Waals surface area (Å²) in [5.41, 5.74) is 6.81. The van der Waals surface area contributed by atoms with Crippen molar-refractivity contribution in [3.8, 4) is 5.75 Å². The van der Waals surface area contributed by atoms with Crippen LogP contribution in [-0.2, 0) is 0 Å². The number of ether oxygens (including phenoxy) is 1. The van der Waals surface area contributed by atoms with Crippen LogP contribution in [0.3, 0.4) is 0 Å². The molecule has 1 unspecified atom stereocenters. The normalized spacial score (nSPS) is 12.0. The number of aryl methyl sites for hydroxylation is 1. The lowest BCUT2D eigenvalue weighted by Crippen LogP contribution is -2.26. The fourth-order valence-corrected chi connectivity index (χ4v) is 2.66. The molecule has 112 valence electrons. The Morgan fingerprint density at radius 2 is 2.24 bits per heavy atom. The van der Waals surface area contributed by atoms with Gasteiger partial charge in [0.05, 0.1) is 18.8 Å². The van der Waals surface area contributed by atoms with E-state index in [4.69, 9.17) is 10.5 Å². The second-order valence-corrected chi connectivity index (χ2v) is 5.59. The number of thiazole rings is 1. The summed E-state index contributed by atoms with van der Waals surface area (Å²) in [7, 11) is 1.40. The largest absolute Gasteiger partial charge is 0.494 e. The molecule has 1 atom stereocenters. The Labute approximate surface area is 126 Å². The molecule has 0 saturated heterocycles. The molecule has 0 spiro atoms. The highest BCUT2D eigenvalue weighted by Crippen LogP contribution is 2.23. The topological polar surface area (TPSA) is 77.2 Å². The summed E-state index contributed by atoms with van der Waals surface area (Å²) < 4.78 is 18.5. The van der Waals surface area contributed by atoms with Crippen LogP contribution in [0.1, 0.15) is 33.9 Å². The third kappa shape index (κ3) is 3.30. The molecule has 0 saturated carbocycles. The maximum Gasteiger partial charge on any atom is 0.263 e. The molecule has 5 nitrogen and oxygen atoms in total. The Morgan fingerprint density at radius 1 is 1.52 bits per heavy atom. The first kappa shape index (κ1) is 15.2. The van der Waals surface area contributed by atoms with Crippen molar-refractivity contribution in [2.45, 2.75) is 19.9 Å². The van der Waals surface area contributed by atoms with E-state index in [2.05, 4.69) is 10.3 Å². The number of carbonyl (C=O) groups is 1. The van der Waals surface area contributed by atoms with E-state index in [-0.39, 0.29) is 17.7 Å². The maximum atomic E-state index is 13.7. The molecule has 2 aromatic rings. The zero-order valence-corrected chi connectivity index (χ0v) is 12.8. The van der Waals surface area contributed by atoms with Gasteiger partial charge in [-0.25, -0.2) is 9.37 Å². The Morgan fingerprint density at radius 3 is 2.76 bits per heavy atom. The summed E-state index contributed by atoms with van der Waals surface area (Å²) in [4.78, 5) is 16.6. The minimum absolute atomic E-state index is 0.170. The van der Waals surface area contributed by atoms with Gasteiger partial charge in [-0.2, -0.15) is 0 Å². The van der Waals surface area contributed by atoms with Gasteiger partial charge < -0.3 is 15.8 Å². The zero-order chi connectivity index (χ0) is 15.6. The van der Waals surface area contributed by atoms with Crippen LogP contribution in [0.4, 0.5) is 9.52 Å². The van der Waals surface area contributed by atoms with Gasteiger partial charge in [-0.05, 0) is 31.5 Å². The molecule has 7 heteroatoms. The van der Waals surface area contributed by atoms with Crippen molar-refractivity contribution in [2.24, 2.45) is 0 Å². The minimum Gasteiger partial charge on any atom is -0.494 e. The van der Waals surface area contributed by atoms with Gasteiger partial charge in [0.25, 0.3) is 5.91 Å². The monoisotopic (exact) mass is 309 g/mol. The first-order valence-electron chi connectivity index (χ1n) is 6.29. The molecule has 3 N–H and O–H groups in total. The number of rotatable bonds is 4. The summed E-state index contributed by atoms with van der Waals surface area (Å²) in [6.07, 6.45) is 0. The number of nitrogen functional groups attached to an aromatic ring is 1. The summed E-state index contributed by atoms with van der Waals surface area (Å²) in [5.74, 6) is -0.567. The molecule has 0 aliphatic carbocycles. The van der Waals surface area contributed by atoms with Crippen LogP contribution in [0.5, 0.6) is 5.75 Å². The molecule has 0 aliphatic heterocycles. The van der Waals surface area contributed by atoms with Crippen molar-refractivity contribution in [3.63, 3.8) is 0 Å². The summed E-state index contributed by atoms with van der Waals surface area (Å²) in [5, 5.41) is 3.15. The fourth-order valence-electron chi connectivity index (χ4n) is 1.93. The third-order valence-corrected chi connectivity index (χ3v) is 4.03. The van der Waals surface area contributed by atoms with E-state index >= 15 is 0 Å². The molecule has 1 heterocycles. The number of hydrogen-bond acceptors (Lipinski definition) is 5. The quantitative estimate of drug-likeness (QED) is 0.910. The Hall–Kier alpha value is -2.15. The number of amides is 1. The first-order valence-corrected chi connectivity index (χ1v) is 7.11. The van der Waals surface area contributed by atoms with Gasteiger partial charge in [0.1, 0.15) is 4.88 Å². The summed E-state index contributed by atoms with van der Waals surface area (Å²) >= 11 is 1.13. The number of nitrogens with zero attached hydrogens (tertiary/aromatic N) is 1. The second-order valence-electron chi connectivity index (χ2n) is 4.56. The highest BCUT2D eigenvalue weighted by atomic mass is 32.1. The standard InChI is InChI=1S/C14H16FN3O2S/c1-7(9-4-5-11(20-3)10(15)6-9)17-13(19)12-8(2)18-14(16)21-12/h4-7H,1-3H3,(H2,16,18)(H,17,19). The molecule has 0 bridgehead atoms. The van der Waals surface area contributed by atoms with Crippen LogP contribution >= 0.6 is 11.3 Å². The third-order valence-electron chi connectivity index (χ3n) is 3.04. The lowest BCUT2D eigenvalue weighted by molar-refractivity contribution is 0.0943. The Balaban J connectivity index is 2.14. The van der Waals surface area contributed by atoms with Crippen LogP contribution in [0, 0.1) is 12.7 Å². The van der Waals surface area contributed by atoms with Gasteiger partial charge in [0.2, 0.25) is 0 Å². The number of anilines is 1. The van der Waals surface area contributed by atoms with E-state index < -0.39 is 5.82 Å². The first-order chi connectivity index (χ1) is 9.92. The van der Waals surface area contributed by atoms with Crippen molar-refractivity contribution < 1.29 is 13.9 Å². The van der Waals surface area contributed by atoms with E-state index in [1.807, 2.05) is 0 Å². The number of carbonyl (C=O) groups excluding carboxylic acids is 1. The predicted octanol–water partition coefficient (Wildman–Crippen LogP) is 2.67. The van der Waals surface area contributed by atoms with Crippen molar-refractivity contribution in [1.82, 2.24) is 10.3 Å². The average molecular weight is 309 g/mol. The van der Waals surface area contributed by atoms with Gasteiger partial charge in [-0.1, -0.05) is 17.4 Å². The summed E-state index contributed by atoms with van der Waals surface area (Å²) in [6.45, 7) is 3.50. The van der Waals surface area contributed by atoms with E-state index in [0.717, 1.165) is 11.3 Å². The minimum atomic E-state index is -0.464. The van der Waals surface area contributed by atoms with Crippen molar-refractivity contribution in [3.05, 3.63) is 40.2 Å². The second kappa shape index (κ2) is 6.09. The molecular formula is C14H16FN3O2S. The van der Waals surface area contributed by atoms with Crippen molar-refractivity contribution >= 4 is 22.4 Å². The Bertz CT molecular complexity index is 672. The van der Waals surface area contributed by atoms with E-state index in [9.17, 15) is 9.18 Å². The molecule has 2 rings (SSSR count). The van der Waals surface area contributed by atoms with Crippen LogP contribution < -0.4 is 15.8 Å². The lowest BCUT2D eigenvalue weighted by Gasteiger charge is -2.14. The van der Waals surface area contributed by atoms with Gasteiger partial charge >= 0.3 is 0 Å². The predicted molar refractivity (Wildman–Crippen MR) is 80.1 cm³/mol. The van der Waals surface area contributed by atoms with Crippen molar-refractivity contribution in [1.29, 1.82) is 0 Å². The number of methoxy groups -OCH3 is 1. The molecule has 0 fully saturated rings. The number of aromatic nitrogens is 1. The summed E-state index contributed by atoms with van der Waals surface area (Å²) in [6, 6.07) is 4.24. The molecule has 21 heavy (non-hydrogen) atoms. The fraction of sp³-hybridized carbons (Fsp3) is 0.286. The highest BCUT2D eigenvalue weighted by Gasteiger charge is 2.17. The van der Waals surface area contributed by atoms with E-state index in [1.54, 1.807) is 19.9 Å². The van der Waals surface area contributed by atoms with Gasteiger partial charge in [-0.3, -0.25) is 4.79 Å². The molecule has 1 aromatic heterocycles. The van der Waals surface area contributed by atoms with Crippen LogP contribution in [0.2, 0.25) is 0 Å². The van der Waals surface area contributed by atoms with E-state index in [0.29, 0.717) is 21.3 Å². The number of nitrogens with one attached hydrogen (secondary N) is 1. The highest BCUT2D eigenvalue weighted by molar-refractivity contribution is 7.17. The van der Waals surface area contributed by atoms with Gasteiger partial charge in [0, 0.05) is 0 Å². The molecule has 1 amide bonds. The lowest BCUT2D eigenvalue weighted by atomic mass is 10.1. The maximum absolute atomic E-state index is 13.7. The molecule has 1 aromatic carbocycles. The SMILES string of the molecule is COc1ccc(C(C)NC(=O)c2sc(N)nc2C)cc1F. The zero-order valence-electron chi connectivity index (χ0n) is 11.9. The van der Waals surface area contributed by atoms with Crippen molar-refractivity contribution in [2.75, 3.05) is 12.8 Å². The van der Waals surface area contributed by atoms with Crippen LogP contribution in [0.25, 0.3) is 0 Å². The number of nitrogens with two attached hydrogens (primary N) is 1. The van der Waals surface area contributed by atoms with Crippen LogP contribution in [-0.4, -0.2) is 18.0 Å². The average Bonchev–Trinajstić information content (AvgIpc) is 2.77. The number of hydrogen-bond donors (Lipinski definition) is 2. The Kier molecular flexibility index (Phi) is 4.42. The smallest absolute Gasteiger partial charge is 0.263 e. The molecular weight excluding hydrogens is 293 g/mol. The van der Waals surface area contributed by atoms with E-state index in [1.165, 1.54) is 19.2 Å². The van der Waals surface area contributed by atoms with Gasteiger partial charge in [-0.15, -0.1) is 0 Å². The van der Waals surface area contributed by atoms with Crippen LogP contribution in [0.15, 0.2) is 18.2 Å². The van der Waals surface area contributed by atoms with Gasteiger partial charge in [0.15, 0.2) is 16.7 Å². The number of halogens is 1. The molecule has 0 radical (unpaired) electrons. The molecule has 0 aliphatic rings.